The fraction of sp³-hybridized carbons (Fsp3) is 0.300. The van der Waals surface area contributed by atoms with Crippen molar-refractivity contribution in [3.63, 3.8) is 0 Å². The second kappa shape index (κ2) is 5.76. The summed E-state index contributed by atoms with van der Waals surface area (Å²) in [6, 6.07) is 7.50. The van der Waals surface area contributed by atoms with E-state index in [1.807, 2.05) is 6.07 Å². The number of carboxylic acid groups (broad SMARTS) is 1. The normalized spacial score (nSPS) is 13.2. The van der Waals surface area contributed by atoms with E-state index in [9.17, 15) is 13.2 Å². The molecule has 1 rings (SSSR count). The van der Waals surface area contributed by atoms with Crippen molar-refractivity contribution in [2.24, 2.45) is 5.73 Å². The van der Waals surface area contributed by atoms with E-state index in [1.165, 1.54) is 0 Å². The van der Waals surface area contributed by atoms with Gasteiger partial charge in [0.25, 0.3) is 0 Å². The van der Waals surface area contributed by atoms with Gasteiger partial charge in [-0.15, -0.1) is 0 Å². The molecule has 94 valence electrons. The van der Waals surface area contributed by atoms with Crippen molar-refractivity contribution in [3.05, 3.63) is 35.9 Å². The maximum absolute atomic E-state index is 11.5. The number of nitrogens with one attached hydrogen (secondary N) is 1. The van der Waals surface area contributed by atoms with E-state index in [0.717, 1.165) is 5.56 Å². The molecule has 0 amide bonds. The summed E-state index contributed by atoms with van der Waals surface area (Å²) in [6.45, 7) is 0.121. The second-order valence-electron chi connectivity index (χ2n) is 3.53. The number of nitrogens with two attached hydrogens (primary N) is 1. The molecule has 0 aliphatic heterocycles. The van der Waals surface area contributed by atoms with E-state index >= 15 is 0 Å². The average molecular weight is 258 g/mol. The summed E-state index contributed by atoms with van der Waals surface area (Å²) in [5.41, 5.74) is 5.94. The highest BCUT2D eigenvalue weighted by atomic mass is 32.2. The Morgan fingerprint density at radius 1 is 1.35 bits per heavy atom. The zero-order chi connectivity index (χ0) is 12.9. The lowest BCUT2D eigenvalue weighted by Gasteiger charge is -2.09. The minimum atomic E-state index is -3.68. The lowest BCUT2D eigenvalue weighted by molar-refractivity contribution is -0.137. The van der Waals surface area contributed by atoms with E-state index in [-0.39, 0.29) is 6.54 Å². The summed E-state index contributed by atoms with van der Waals surface area (Å²) in [6.07, 6.45) is 0. The molecule has 17 heavy (non-hydrogen) atoms. The molecule has 0 saturated carbocycles. The summed E-state index contributed by atoms with van der Waals surface area (Å²) in [5, 5.41) is 8.51. The standard InChI is InChI=1S/C10H14N2O4S/c11-9(10(13)14)7-17(15,16)12-6-8-4-2-1-3-5-8/h1-5,9,12H,6-7,11H2,(H,13,14). The lowest BCUT2D eigenvalue weighted by atomic mass is 10.2. The highest BCUT2D eigenvalue weighted by molar-refractivity contribution is 7.89. The molecule has 0 aliphatic rings. The minimum absolute atomic E-state index is 0.121. The molecule has 7 heteroatoms. The van der Waals surface area contributed by atoms with E-state index in [2.05, 4.69) is 4.72 Å². The molecule has 0 fully saturated rings. The van der Waals surface area contributed by atoms with Crippen LogP contribution in [0.2, 0.25) is 0 Å². The van der Waals surface area contributed by atoms with Crippen molar-refractivity contribution in [1.29, 1.82) is 0 Å². The zero-order valence-corrected chi connectivity index (χ0v) is 9.85. The first-order valence-electron chi connectivity index (χ1n) is 4.90. The largest absolute Gasteiger partial charge is 0.480 e. The third-order valence-corrected chi connectivity index (χ3v) is 3.44. The van der Waals surface area contributed by atoms with Gasteiger partial charge in [-0.25, -0.2) is 13.1 Å². The van der Waals surface area contributed by atoms with Crippen molar-refractivity contribution < 1.29 is 18.3 Å². The van der Waals surface area contributed by atoms with E-state index in [1.54, 1.807) is 24.3 Å². The van der Waals surface area contributed by atoms with Gasteiger partial charge in [-0.2, -0.15) is 0 Å². The Labute approximate surface area is 99.5 Å². The Morgan fingerprint density at radius 2 is 1.94 bits per heavy atom. The van der Waals surface area contributed by atoms with Crippen LogP contribution in [0.5, 0.6) is 0 Å². The second-order valence-corrected chi connectivity index (χ2v) is 5.38. The van der Waals surface area contributed by atoms with Crippen LogP contribution in [0.25, 0.3) is 0 Å². The van der Waals surface area contributed by atoms with Gasteiger partial charge in [0.1, 0.15) is 6.04 Å². The van der Waals surface area contributed by atoms with E-state index in [4.69, 9.17) is 10.8 Å². The minimum Gasteiger partial charge on any atom is -0.480 e. The summed E-state index contributed by atoms with van der Waals surface area (Å²) in [7, 11) is -3.68. The number of aliphatic carboxylic acids is 1. The molecule has 0 bridgehead atoms. The Kier molecular flexibility index (Phi) is 4.62. The fourth-order valence-corrected chi connectivity index (χ4v) is 2.28. The SMILES string of the molecule is NC(CS(=O)(=O)NCc1ccccc1)C(=O)O. The first kappa shape index (κ1) is 13.6. The van der Waals surface area contributed by atoms with Crippen LogP contribution >= 0.6 is 0 Å². The first-order valence-corrected chi connectivity index (χ1v) is 6.55. The molecule has 1 unspecified atom stereocenters. The average Bonchev–Trinajstić information content (AvgIpc) is 2.27. The molecule has 0 radical (unpaired) electrons. The molecular formula is C10H14N2O4S. The van der Waals surface area contributed by atoms with Gasteiger partial charge in [-0.05, 0) is 5.56 Å². The van der Waals surface area contributed by atoms with Gasteiger partial charge >= 0.3 is 5.97 Å². The Bertz CT molecular complexity index is 472. The molecule has 1 aromatic carbocycles. The van der Waals surface area contributed by atoms with Crippen molar-refractivity contribution in [2.45, 2.75) is 12.6 Å². The van der Waals surface area contributed by atoms with Crippen LogP contribution in [0.3, 0.4) is 0 Å². The molecule has 6 nitrogen and oxygen atoms in total. The highest BCUT2D eigenvalue weighted by Crippen LogP contribution is 1.99. The maximum atomic E-state index is 11.5. The van der Waals surface area contributed by atoms with Crippen molar-refractivity contribution in [1.82, 2.24) is 4.72 Å². The predicted octanol–water partition coefficient (Wildman–Crippen LogP) is -0.482. The van der Waals surface area contributed by atoms with Gasteiger partial charge in [0.2, 0.25) is 10.0 Å². The predicted molar refractivity (Wildman–Crippen MR) is 62.7 cm³/mol. The molecule has 1 aromatic rings. The van der Waals surface area contributed by atoms with Crippen LogP contribution < -0.4 is 10.5 Å². The number of sulfonamides is 1. The van der Waals surface area contributed by atoms with Gasteiger partial charge in [0, 0.05) is 6.54 Å². The number of carboxylic acids is 1. The van der Waals surface area contributed by atoms with Crippen molar-refractivity contribution >= 4 is 16.0 Å². The van der Waals surface area contributed by atoms with Crippen molar-refractivity contribution in [3.8, 4) is 0 Å². The molecule has 1 atom stereocenters. The summed E-state index contributed by atoms with van der Waals surface area (Å²) >= 11 is 0. The topological polar surface area (TPSA) is 109 Å². The summed E-state index contributed by atoms with van der Waals surface area (Å²) in [4.78, 5) is 10.4. The van der Waals surface area contributed by atoms with Gasteiger partial charge in [0.05, 0.1) is 5.75 Å². The van der Waals surface area contributed by atoms with Crippen molar-refractivity contribution in [2.75, 3.05) is 5.75 Å². The summed E-state index contributed by atoms with van der Waals surface area (Å²) < 4.78 is 25.2. The van der Waals surface area contributed by atoms with Crippen LogP contribution in [0.4, 0.5) is 0 Å². The molecule has 0 saturated heterocycles. The van der Waals surface area contributed by atoms with Gasteiger partial charge < -0.3 is 10.8 Å². The Morgan fingerprint density at radius 3 is 2.47 bits per heavy atom. The van der Waals surface area contributed by atoms with Crippen LogP contribution in [-0.2, 0) is 21.4 Å². The van der Waals surface area contributed by atoms with Crippen LogP contribution in [0, 0.1) is 0 Å². The highest BCUT2D eigenvalue weighted by Gasteiger charge is 2.20. The van der Waals surface area contributed by atoms with Crippen LogP contribution in [-0.4, -0.2) is 31.3 Å². The molecule has 0 aliphatic carbocycles. The van der Waals surface area contributed by atoms with E-state index in [0.29, 0.717) is 0 Å². The molecule has 0 spiro atoms. The molecule has 0 heterocycles. The number of hydrogen-bond donors (Lipinski definition) is 3. The third kappa shape index (κ3) is 4.94. The fourth-order valence-electron chi connectivity index (χ4n) is 1.16. The van der Waals surface area contributed by atoms with Crippen LogP contribution in [0.1, 0.15) is 5.56 Å². The number of benzene rings is 1. The Balaban J connectivity index is 2.54. The van der Waals surface area contributed by atoms with Crippen LogP contribution in [0.15, 0.2) is 30.3 Å². The molecule has 4 N–H and O–H groups in total. The first-order chi connectivity index (χ1) is 7.91. The number of rotatable bonds is 6. The zero-order valence-electron chi connectivity index (χ0n) is 9.04. The van der Waals surface area contributed by atoms with E-state index < -0.39 is 27.8 Å². The van der Waals surface area contributed by atoms with Gasteiger partial charge in [-0.1, -0.05) is 30.3 Å². The number of hydrogen-bond acceptors (Lipinski definition) is 4. The lowest BCUT2D eigenvalue weighted by Crippen LogP contribution is -2.41. The maximum Gasteiger partial charge on any atom is 0.321 e. The molecule has 0 aromatic heterocycles. The quantitative estimate of drug-likeness (QED) is 0.638. The molecular weight excluding hydrogens is 244 g/mol. The third-order valence-electron chi connectivity index (χ3n) is 2.06. The van der Waals surface area contributed by atoms with Gasteiger partial charge in [0.15, 0.2) is 0 Å². The van der Waals surface area contributed by atoms with Gasteiger partial charge in [-0.3, -0.25) is 4.79 Å². The Hall–Kier alpha value is -1.44. The number of carbonyl (C=O) groups is 1. The summed E-state index contributed by atoms with van der Waals surface area (Å²) in [5.74, 6) is -1.97. The smallest absolute Gasteiger partial charge is 0.321 e. The monoisotopic (exact) mass is 258 g/mol.